The molecule has 0 atom stereocenters. The first-order chi connectivity index (χ1) is 10.6. The van der Waals surface area contributed by atoms with Crippen LogP contribution in [0, 0.1) is 0 Å². The van der Waals surface area contributed by atoms with Crippen LogP contribution in [0.3, 0.4) is 0 Å². The van der Waals surface area contributed by atoms with Crippen LogP contribution in [0.5, 0.6) is 5.75 Å². The number of nitrogens with zero attached hydrogens (tertiary/aromatic N) is 3. The molecule has 0 saturated carbocycles. The fourth-order valence-electron chi connectivity index (χ4n) is 1.49. The van der Waals surface area contributed by atoms with E-state index in [0.717, 1.165) is 0 Å². The summed E-state index contributed by atoms with van der Waals surface area (Å²) in [6.07, 6.45) is 3.01. The third-order valence-corrected chi connectivity index (χ3v) is 2.49. The van der Waals surface area contributed by atoms with Gasteiger partial charge >= 0.3 is 0 Å². The van der Waals surface area contributed by atoms with Crippen LogP contribution in [-0.2, 0) is 24.0 Å². The number of benzene rings is 1. The van der Waals surface area contributed by atoms with Gasteiger partial charge in [-0.25, -0.2) is 0 Å². The van der Waals surface area contributed by atoms with Gasteiger partial charge in [0.15, 0.2) is 0 Å². The van der Waals surface area contributed by atoms with Gasteiger partial charge in [-0.1, -0.05) is 36.9 Å². The van der Waals surface area contributed by atoms with Gasteiger partial charge in [-0.2, -0.15) is 10.2 Å². The average Bonchev–Trinajstić information content (AvgIpc) is 2.54. The normalized spacial score (nSPS) is 10.6. The van der Waals surface area contributed by atoms with Crippen molar-refractivity contribution >= 4 is 11.6 Å². The molecule has 0 fully saturated rings. The molecule has 0 aliphatic carbocycles. The fourth-order valence-corrected chi connectivity index (χ4v) is 1.49. The van der Waals surface area contributed by atoms with Gasteiger partial charge in [0.2, 0.25) is 0 Å². The Morgan fingerprint density at radius 1 is 1.08 bits per heavy atom. The standard InChI is InChI=1S/C14H13N3O2.C2H5O.O.V/c1-10(12-4-2-3-5-13(12)18)16-17-14(19)11-6-8-15-9-7-11;1-2-3;;/h2-9,18H,1H3,(H,17,19);2H2,1H3;;/q;-1;-2;/p-2/b16-10+;;;. The van der Waals surface area contributed by atoms with Crippen molar-refractivity contribution < 1.29 is 39.4 Å². The quantitative estimate of drug-likeness (QED) is 0.427. The first kappa shape index (κ1) is 24.1. The monoisotopic (exact) mass is 365 g/mol. The Bertz CT molecular complexity index is 649. The summed E-state index contributed by atoms with van der Waals surface area (Å²) in [5, 5.41) is 39.6. The minimum absolute atomic E-state index is 0. The van der Waals surface area contributed by atoms with Crippen LogP contribution in [0.15, 0.2) is 59.0 Å². The Morgan fingerprint density at radius 2 is 1.62 bits per heavy atom. The molecule has 129 valence electrons. The molecule has 0 aliphatic heterocycles. The first-order valence-electron chi connectivity index (χ1n) is 6.64. The van der Waals surface area contributed by atoms with E-state index in [2.05, 4.69) is 15.2 Å². The molecule has 7 nitrogen and oxygen atoms in total. The van der Waals surface area contributed by atoms with E-state index >= 15 is 0 Å². The second-order valence-corrected chi connectivity index (χ2v) is 4.11. The molecule has 0 amide bonds. The number of pyridine rings is 1. The maximum Gasteiger partial charge on any atom is 0.0665 e. The van der Waals surface area contributed by atoms with Gasteiger partial charge in [0.05, 0.1) is 5.71 Å². The maximum absolute atomic E-state index is 11.7. The van der Waals surface area contributed by atoms with E-state index in [1.54, 1.807) is 44.2 Å². The van der Waals surface area contributed by atoms with Crippen LogP contribution in [0.25, 0.3) is 0 Å². The summed E-state index contributed by atoms with van der Waals surface area (Å²) in [5.41, 5.74) is 1.25. The van der Waals surface area contributed by atoms with Gasteiger partial charge in [0.25, 0.3) is 0 Å². The van der Waals surface area contributed by atoms with Crippen molar-refractivity contribution in [1.82, 2.24) is 4.98 Å². The van der Waals surface area contributed by atoms with E-state index in [4.69, 9.17) is 5.11 Å². The summed E-state index contributed by atoms with van der Waals surface area (Å²) in [7, 11) is 0. The topological polar surface area (TPSA) is 135 Å². The Labute approximate surface area is 152 Å². The molecule has 0 aliphatic rings. The molecule has 1 heterocycles. The molecule has 1 aromatic carbocycles. The van der Waals surface area contributed by atoms with E-state index in [-0.39, 0.29) is 36.4 Å². The molecule has 8 heteroatoms. The first-order valence-corrected chi connectivity index (χ1v) is 6.64. The Morgan fingerprint density at radius 3 is 2.17 bits per heavy atom. The number of aromatic nitrogens is 1. The second kappa shape index (κ2) is 13.3. The largest absolute Gasteiger partial charge is 2.00 e. The van der Waals surface area contributed by atoms with Crippen molar-refractivity contribution in [2.75, 3.05) is 6.61 Å². The van der Waals surface area contributed by atoms with E-state index in [1.165, 1.54) is 18.5 Å². The van der Waals surface area contributed by atoms with Crippen molar-refractivity contribution in [1.29, 1.82) is 0 Å². The number of para-hydroxylation sites is 1. The van der Waals surface area contributed by atoms with Crippen LogP contribution in [0.2, 0.25) is 0 Å². The SMILES string of the molecule is C/C(=N\N=C(/[O-])c1ccncc1)c1ccccc1[O-].CC[O-].[O-2].[V]. The molecule has 1 aromatic heterocycles. The van der Waals surface area contributed by atoms with Crippen molar-refractivity contribution in [3.05, 3.63) is 59.9 Å². The van der Waals surface area contributed by atoms with Crippen molar-refractivity contribution in [2.45, 2.75) is 13.8 Å². The van der Waals surface area contributed by atoms with Crippen molar-refractivity contribution in [3.8, 4) is 5.75 Å². The molecule has 2 rings (SSSR count). The summed E-state index contributed by atoms with van der Waals surface area (Å²) in [4.78, 5) is 3.81. The zero-order chi connectivity index (χ0) is 16.4. The predicted octanol–water partition coefficient (Wildman–Crippen LogP) is -0.0684. The van der Waals surface area contributed by atoms with E-state index in [1.807, 2.05) is 0 Å². The van der Waals surface area contributed by atoms with Gasteiger partial charge in [-0.05, 0) is 30.2 Å². The molecule has 0 spiro atoms. The minimum Gasteiger partial charge on any atom is -2.00 e. The van der Waals surface area contributed by atoms with Crippen molar-refractivity contribution in [3.63, 3.8) is 0 Å². The van der Waals surface area contributed by atoms with Crippen LogP contribution in [0.1, 0.15) is 25.0 Å². The predicted molar refractivity (Wildman–Crippen MR) is 80.1 cm³/mol. The van der Waals surface area contributed by atoms with Crippen LogP contribution in [0.4, 0.5) is 0 Å². The molecule has 24 heavy (non-hydrogen) atoms. The maximum atomic E-state index is 11.7. The van der Waals surface area contributed by atoms with E-state index < -0.39 is 5.90 Å². The van der Waals surface area contributed by atoms with E-state index in [9.17, 15) is 10.2 Å². The van der Waals surface area contributed by atoms with Crippen molar-refractivity contribution in [2.24, 2.45) is 10.2 Å². The molecule has 1 radical (unpaired) electrons. The van der Waals surface area contributed by atoms with E-state index in [0.29, 0.717) is 16.8 Å². The summed E-state index contributed by atoms with van der Waals surface area (Å²) < 4.78 is 0. The average molecular weight is 365 g/mol. The van der Waals surface area contributed by atoms with Gasteiger partial charge in [0.1, 0.15) is 0 Å². The Kier molecular flexibility index (Phi) is 13.3. The molecular formula is C16H16N3O4V-5. The van der Waals surface area contributed by atoms with Crippen LogP contribution >= 0.6 is 0 Å². The molecule has 0 unspecified atom stereocenters. The smallest absolute Gasteiger partial charge is 0.0665 e. The van der Waals surface area contributed by atoms with Gasteiger partial charge in [-0.3, -0.25) is 4.98 Å². The van der Waals surface area contributed by atoms with Gasteiger partial charge < -0.3 is 20.8 Å². The molecular weight excluding hydrogens is 349 g/mol. The molecule has 0 saturated heterocycles. The zero-order valence-electron chi connectivity index (χ0n) is 13.2. The van der Waals surface area contributed by atoms with Gasteiger partial charge in [-0.15, -0.1) is 6.61 Å². The number of hydrogen-bond donors (Lipinski definition) is 0. The fraction of sp³-hybridized carbons (Fsp3) is 0.188. The third-order valence-electron chi connectivity index (χ3n) is 2.49. The van der Waals surface area contributed by atoms with Gasteiger partial charge in [0, 0.05) is 36.8 Å². The third kappa shape index (κ3) is 7.89. The molecule has 0 N–H and O–H groups in total. The van der Waals surface area contributed by atoms with Crippen LogP contribution in [-0.4, -0.2) is 23.2 Å². The van der Waals surface area contributed by atoms with Crippen LogP contribution < -0.4 is 15.3 Å². The summed E-state index contributed by atoms with van der Waals surface area (Å²) in [6, 6.07) is 9.59. The number of rotatable bonds is 3. The second-order valence-electron chi connectivity index (χ2n) is 4.11. The summed E-state index contributed by atoms with van der Waals surface area (Å²) in [5.74, 6) is -0.611. The Balaban J connectivity index is 0. The minimum atomic E-state index is -0.467. The summed E-state index contributed by atoms with van der Waals surface area (Å²) in [6.45, 7) is 3.21. The molecule has 2 aromatic rings. The summed E-state index contributed by atoms with van der Waals surface area (Å²) >= 11 is 0. The number of hydrogen-bond acceptors (Lipinski definition) is 6. The molecule has 0 bridgehead atoms. The Hall–Kier alpha value is -2.19. The zero-order valence-corrected chi connectivity index (χ0v) is 14.6.